The van der Waals surface area contributed by atoms with Crippen LogP contribution < -0.4 is 4.84 Å². The van der Waals surface area contributed by atoms with Crippen LogP contribution in [0.2, 0.25) is 5.02 Å². The van der Waals surface area contributed by atoms with Crippen LogP contribution in [0.4, 0.5) is 0 Å². The normalized spacial score (nSPS) is 14.9. The molecule has 0 radical (unpaired) electrons. The summed E-state index contributed by atoms with van der Waals surface area (Å²) in [6.45, 7) is 1.48. The summed E-state index contributed by atoms with van der Waals surface area (Å²) in [6, 6.07) is 7.19. The van der Waals surface area contributed by atoms with Crippen molar-refractivity contribution in [2.75, 3.05) is 19.7 Å². The molecule has 1 saturated heterocycles. The van der Waals surface area contributed by atoms with Crippen molar-refractivity contribution in [1.82, 2.24) is 25.3 Å². The molecule has 1 aliphatic heterocycles. The summed E-state index contributed by atoms with van der Waals surface area (Å²) in [5, 5.41) is 11.8. The molecule has 1 aliphatic rings. The molecule has 1 aromatic carbocycles. The smallest absolute Gasteiger partial charge is 0.263 e. The average molecular weight is 322 g/mol. The lowest BCUT2D eigenvalue weighted by Gasteiger charge is -2.26. The van der Waals surface area contributed by atoms with E-state index in [-0.39, 0.29) is 12.5 Å². The third-order valence-electron chi connectivity index (χ3n) is 3.58. The molecule has 0 bridgehead atoms. The van der Waals surface area contributed by atoms with Gasteiger partial charge in [-0.3, -0.25) is 4.79 Å². The van der Waals surface area contributed by atoms with E-state index in [1.165, 1.54) is 6.42 Å². The molecule has 0 saturated carbocycles. The number of hydrogen-bond acceptors (Lipinski definition) is 5. The minimum atomic E-state index is -0.0947. The van der Waals surface area contributed by atoms with Gasteiger partial charge in [0.1, 0.15) is 0 Å². The molecule has 8 heteroatoms. The number of benzene rings is 1. The lowest BCUT2D eigenvalue weighted by molar-refractivity contribution is -0.137. The van der Waals surface area contributed by atoms with Crippen LogP contribution in [0.1, 0.15) is 19.3 Å². The van der Waals surface area contributed by atoms with Crippen LogP contribution in [0, 0.1) is 0 Å². The maximum absolute atomic E-state index is 12.1. The Morgan fingerprint density at radius 2 is 2.00 bits per heavy atom. The Morgan fingerprint density at radius 1 is 1.23 bits per heavy atom. The summed E-state index contributed by atoms with van der Waals surface area (Å²) in [5.74, 6) is 0.317. The maximum Gasteiger partial charge on any atom is 0.263 e. The minimum Gasteiger partial charge on any atom is -0.384 e. The van der Waals surface area contributed by atoms with Gasteiger partial charge in [0.05, 0.1) is 5.02 Å². The number of tetrazole rings is 1. The predicted molar refractivity (Wildman–Crippen MR) is 80.1 cm³/mol. The monoisotopic (exact) mass is 321 g/mol. The summed E-state index contributed by atoms with van der Waals surface area (Å²) in [4.78, 5) is 20.5. The van der Waals surface area contributed by atoms with Crippen LogP contribution in [-0.2, 0) is 4.79 Å². The van der Waals surface area contributed by atoms with Crippen molar-refractivity contribution in [3.63, 3.8) is 0 Å². The molecular formula is C14H16ClN5O2. The topological polar surface area (TPSA) is 73.1 Å². The van der Waals surface area contributed by atoms with E-state index in [1.54, 1.807) is 12.1 Å². The van der Waals surface area contributed by atoms with Gasteiger partial charge in [-0.1, -0.05) is 28.6 Å². The first-order chi connectivity index (χ1) is 10.8. The van der Waals surface area contributed by atoms with Gasteiger partial charge in [0.25, 0.3) is 5.91 Å². The Kier molecular flexibility index (Phi) is 4.53. The molecular weight excluding hydrogens is 306 g/mol. The van der Waals surface area contributed by atoms with Gasteiger partial charge < -0.3 is 9.74 Å². The number of aromatic nitrogens is 4. The highest BCUT2D eigenvalue weighted by Crippen LogP contribution is 2.24. The predicted octanol–water partition coefficient (Wildman–Crippen LogP) is 1.43. The zero-order valence-electron chi connectivity index (χ0n) is 12.0. The van der Waals surface area contributed by atoms with Crippen LogP contribution in [0.5, 0.6) is 0 Å². The first kappa shape index (κ1) is 14.8. The first-order valence-corrected chi connectivity index (χ1v) is 7.58. The number of halogens is 1. The zero-order chi connectivity index (χ0) is 15.4. The molecule has 0 spiro atoms. The van der Waals surface area contributed by atoms with Gasteiger partial charge in [-0.05, 0) is 41.8 Å². The summed E-state index contributed by atoms with van der Waals surface area (Å²) in [7, 11) is 0. The Hall–Kier alpha value is -2.15. The van der Waals surface area contributed by atoms with E-state index in [9.17, 15) is 4.79 Å². The van der Waals surface area contributed by atoms with Crippen molar-refractivity contribution in [2.45, 2.75) is 19.3 Å². The van der Waals surface area contributed by atoms with Crippen molar-refractivity contribution in [3.05, 3.63) is 29.3 Å². The second-order valence-corrected chi connectivity index (χ2v) is 5.48. The molecule has 0 atom stereocenters. The number of hydrogen-bond donors (Lipinski definition) is 0. The number of amides is 1. The second kappa shape index (κ2) is 6.74. The maximum atomic E-state index is 12.1. The van der Waals surface area contributed by atoms with Crippen LogP contribution in [-0.4, -0.2) is 50.9 Å². The van der Waals surface area contributed by atoms with Crippen molar-refractivity contribution < 1.29 is 9.63 Å². The minimum absolute atomic E-state index is 0.0553. The first-order valence-electron chi connectivity index (χ1n) is 7.20. The van der Waals surface area contributed by atoms with Gasteiger partial charge in [0, 0.05) is 18.7 Å². The van der Waals surface area contributed by atoms with E-state index in [0.29, 0.717) is 16.4 Å². The van der Waals surface area contributed by atoms with E-state index in [0.717, 1.165) is 30.8 Å². The second-order valence-electron chi connectivity index (χ2n) is 5.07. The number of carbonyl (C=O) groups excluding carboxylic acids is 1. The molecule has 0 N–H and O–H groups in total. The molecule has 116 valence electrons. The van der Waals surface area contributed by atoms with Gasteiger partial charge >= 0.3 is 0 Å². The van der Waals surface area contributed by atoms with E-state index in [1.807, 2.05) is 17.0 Å². The Labute approximate surface area is 132 Å². The number of nitrogens with zero attached hydrogens (tertiary/aromatic N) is 5. The molecule has 3 rings (SSSR count). The summed E-state index contributed by atoms with van der Waals surface area (Å²) < 4.78 is 0. The number of piperidine rings is 1. The lowest BCUT2D eigenvalue weighted by Crippen LogP contribution is -2.40. The fourth-order valence-electron chi connectivity index (χ4n) is 2.42. The molecule has 2 heterocycles. The van der Waals surface area contributed by atoms with Gasteiger partial charge in [0.2, 0.25) is 5.82 Å². The van der Waals surface area contributed by atoms with E-state index in [2.05, 4.69) is 15.5 Å². The molecule has 22 heavy (non-hydrogen) atoms. The van der Waals surface area contributed by atoms with E-state index >= 15 is 0 Å². The number of likely N-dealkylation sites (tertiary alicyclic amines) is 1. The van der Waals surface area contributed by atoms with E-state index in [4.69, 9.17) is 16.4 Å². The van der Waals surface area contributed by atoms with Gasteiger partial charge in [-0.25, -0.2) is 0 Å². The SMILES string of the molecule is O=C(COn1nnnc1-c1ccccc1Cl)N1CCCCC1. The number of rotatable bonds is 4. The Balaban J connectivity index is 1.68. The highest BCUT2D eigenvalue weighted by Gasteiger charge is 2.19. The quantitative estimate of drug-likeness (QED) is 0.852. The standard InChI is InChI=1S/C14H16ClN5O2/c15-12-7-3-2-6-11(12)14-16-17-18-20(14)22-10-13(21)19-8-4-1-5-9-19/h2-3,6-7H,1,4-5,8-10H2. The fourth-order valence-corrected chi connectivity index (χ4v) is 2.64. The van der Waals surface area contributed by atoms with Gasteiger partial charge in [0.15, 0.2) is 6.61 Å². The molecule has 0 aliphatic carbocycles. The molecule has 7 nitrogen and oxygen atoms in total. The van der Waals surface area contributed by atoms with Gasteiger partial charge in [-0.2, -0.15) is 0 Å². The van der Waals surface area contributed by atoms with Crippen molar-refractivity contribution in [3.8, 4) is 11.4 Å². The average Bonchev–Trinajstić information content (AvgIpc) is 3.02. The van der Waals surface area contributed by atoms with Crippen molar-refractivity contribution in [1.29, 1.82) is 0 Å². The molecule has 2 aromatic rings. The number of carbonyl (C=O) groups is 1. The third-order valence-corrected chi connectivity index (χ3v) is 3.91. The fraction of sp³-hybridized carbons (Fsp3) is 0.429. The van der Waals surface area contributed by atoms with Crippen LogP contribution in [0.3, 0.4) is 0 Å². The lowest BCUT2D eigenvalue weighted by atomic mass is 10.1. The zero-order valence-corrected chi connectivity index (χ0v) is 12.7. The van der Waals surface area contributed by atoms with Gasteiger partial charge in [-0.15, -0.1) is 5.10 Å². The summed E-state index contributed by atoms with van der Waals surface area (Å²) >= 11 is 6.13. The highest BCUT2D eigenvalue weighted by molar-refractivity contribution is 6.33. The van der Waals surface area contributed by atoms with Crippen LogP contribution in [0.15, 0.2) is 24.3 Å². The molecule has 1 fully saturated rings. The molecule has 1 amide bonds. The largest absolute Gasteiger partial charge is 0.384 e. The Morgan fingerprint density at radius 3 is 2.77 bits per heavy atom. The molecule has 1 aromatic heterocycles. The van der Waals surface area contributed by atoms with Crippen LogP contribution >= 0.6 is 11.6 Å². The van der Waals surface area contributed by atoms with Crippen molar-refractivity contribution in [2.24, 2.45) is 0 Å². The Bertz CT molecular complexity index is 654. The molecule has 0 unspecified atom stereocenters. The van der Waals surface area contributed by atoms with Crippen molar-refractivity contribution >= 4 is 17.5 Å². The van der Waals surface area contributed by atoms with Crippen LogP contribution in [0.25, 0.3) is 11.4 Å². The summed E-state index contributed by atoms with van der Waals surface area (Å²) in [6.07, 6.45) is 3.26. The van der Waals surface area contributed by atoms with E-state index < -0.39 is 0 Å². The highest BCUT2D eigenvalue weighted by atomic mass is 35.5. The summed E-state index contributed by atoms with van der Waals surface area (Å²) in [5.41, 5.74) is 0.652. The third kappa shape index (κ3) is 3.19.